The summed E-state index contributed by atoms with van der Waals surface area (Å²) in [5, 5.41) is 0. The highest BCUT2D eigenvalue weighted by molar-refractivity contribution is 7.91. The summed E-state index contributed by atoms with van der Waals surface area (Å²) < 4.78 is 29.1. The fourth-order valence-electron chi connectivity index (χ4n) is 2.85. The van der Waals surface area contributed by atoms with E-state index in [1.807, 2.05) is 37.3 Å². The van der Waals surface area contributed by atoms with Gasteiger partial charge < -0.3 is 4.74 Å². The summed E-state index contributed by atoms with van der Waals surface area (Å²) in [5.41, 5.74) is 2.09. The summed E-state index contributed by atoms with van der Waals surface area (Å²) in [6.07, 6.45) is 4.30. The van der Waals surface area contributed by atoms with Crippen LogP contribution in [0.25, 0.3) is 5.57 Å². The Bertz CT molecular complexity index is 590. The molecule has 0 amide bonds. The zero-order valence-corrected chi connectivity index (χ0v) is 13.7. The van der Waals surface area contributed by atoms with Crippen molar-refractivity contribution in [2.45, 2.75) is 33.1 Å². The second-order valence-corrected chi connectivity index (χ2v) is 8.48. The van der Waals surface area contributed by atoms with Gasteiger partial charge in [0.25, 0.3) is 0 Å². The van der Waals surface area contributed by atoms with Gasteiger partial charge in [-0.15, -0.1) is 0 Å². The lowest BCUT2D eigenvalue weighted by molar-refractivity contribution is 0.179. The molecule has 0 aliphatic carbocycles. The van der Waals surface area contributed by atoms with Crippen LogP contribution in [0.5, 0.6) is 0 Å². The van der Waals surface area contributed by atoms with E-state index in [9.17, 15) is 8.42 Å². The van der Waals surface area contributed by atoms with Crippen molar-refractivity contribution >= 4 is 15.4 Å². The Hall–Kier alpha value is -1.29. The molecule has 2 rings (SSSR count). The van der Waals surface area contributed by atoms with Gasteiger partial charge in [0.05, 0.1) is 24.4 Å². The molecule has 1 aliphatic heterocycles. The van der Waals surface area contributed by atoms with Gasteiger partial charge in [-0.1, -0.05) is 37.3 Å². The van der Waals surface area contributed by atoms with Crippen LogP contribution in [0.1, 0.15) is 38.7 Å². The third-order valence-corrected chi connectivity index (χ3v) is 6.16. The summed E-state index contributed by atoms with van der Waals surface area (Å²) in [5.74, 6) is 0.640. The van der Waals surface area contributed by atoms with Crippen LogP contribution in [-0.2, 0) is 14.6 Å². The minimum absolute atomic E-state index is 0.133. The predicted molar refractivity (Wildman–Crippen MR) is 86.7 cm³/mol. The molecule has 0 saturated carbocycles. The van der Waals surface area contributed by atoms with Gasteiger partial charge in [0.15, 0.2) is 9.84 Å². The second kappa shape index (κ2) is 6.65. The maximum Gasteiger partial charge on any atom is 0.150 e. The summed E-state index contributed by atoms with van der Waals surface area (Å²) in [6, 6.07) is 10.1. The predicted octanol–water partition coefficient (Wildman–Crippen LogP) is 3.67. The molecule has 1 saturated heterocycles. The summed E-state index contributed by atoms with van der Waals surface area (Å²) in [6.45, 7) is 4.64. The zero-order valence-electron chi connectivity index (χ0n) is 12.8. The molecule has 0 N–H and O–H groups in total. The van der Waals surface area contributed by atoms with Gasteiger partial charge >= 0.3 is 0 Å². The van der Waals surface area contributed by atoms with Crippen LogP contribution in [-0.4, -0.2) is 26.5 Å². The van der Waals surface area contributed by atoms with Crippen molar-refractivity contribution in [1.29, 1.82) is 0 Å². The van der Waals surface area contributed by atoms with Crippen LogP contribution < -0.4 is 0 Å². The average molecular weight is 308 g/mol. The highest BCUT2D eigenvalue weighted by Gasteiger charge is 2.34. The highest BCUT2D eigenvalue weighted by atomic mass is 32.2. The van der Waals surface area contributed by atoms with Gasteiger partial charge in [0.1, 0.15) is 0 Å². The number of benzene rings is 1. The molecule has 1 aromatic carbocycles. The van der Waals surface area contributed by atoms with E-state index < -0.39 is 9.84 Å². The molecule has 0 bridgehead atoms. The number of ether oxygens (including phenoxy) is 1. The topological polar surface area (TPSA) is 43.4 Å². The molecule has 1 aliphatic rings. The zero-order chi connectivity index (χ0) is 15.3. The molecule has 1 unspecified atom stereocenters. The summed E-state index contributed by atoms with van der Waals surface area (Å²) in [7, 11) is -2.86. The van der Waals surface area contributed by atoms with Crippen molar-refractivity contribution in [2.75, 3.05) is 18.1 Å². The van der Waals surface area contributed by atoms with Gasteiger partial charge in [0.2, 0.25) is 0 Å². The van der Waals surface area contributed by atoms with E-state index in [4.69, 9.17) is 4.74 Å². The first-order valence-electron chi connectivity index (χ1n) is 7.45. The van der Waals surface area contributed by atoms with Crippen molar-refractivity contribution in [3.05, 3.63) is 42.2 Å². The van der Waals surface area contributed by atoms with E-state index in [0.29, 0.717) is 18.1 Å². The van der Waals surface area contributed by atoms with E-state index in [2.05, 4.69) is 6.92 Å². The lowest BCUT2D eigenvalue weighted by Crippen LogP contribution is -2.34. The highest BCUT2D eigenvalue weighted by Crippen LogP contribution is 2.34. The van der Waals surface area contributed by atoms with Crippen LogP contribution >= 0.6 is 0 Å². The Balaban J connectivity index is 1.84. The maximum absolute atomic E-state index is 11.7. The molecule has 1 atom stereocenters. The minimum atomic E-state index is -2.86. The third kappa shape index (κ3) is 4.88. The second-order valence-electron chi connectivity index (χ2n) is 6.29. The fraction of sp³-hybridized carbons (Fsp3) is 0.529. The number of allylic oxidation sites excluding steroid dienone is 1. The third-order valence-electron chi connectivity index (χ3n) is 4.12. The number of rotatable bonds is 5. The van der Waals surface area contributed by atoms with E-state index in [1.165, 1.54) is 0 Å². The van der Waals surface area contributed by atoms with Crippen LogP contribution in [0, 0.1) is 5.41 Å². The monoisotopic (exact) mass is 308 g/mol. The Kier molecular flexibility index (Phi) is 5.09. The molecular formula is C17H24O3S. The lowest BCUT2D eigenvalue weighted by Gasteiger charge is -2.32. The Morgan fingerprint density at radius 1 is 1.33 bits per heavy atom. The van der Waals surface area contributed by atoms with Gasteiger partial charge in [-0.25, -0.2) is 8.42 Å². The van der Waals surface area contributed by atoms with Gasteiger partial charge in [-0.2, -0.15) is 0 Å². The Morgan fingerprint density at radius 2 is 2.05 bits per heavy atom. The summed E-state index contributed by atoms with van der Waals surface area (Å²) >= 11 is 0. The van der Waals surface area contributed by atoms with Gasteiger partial charge in [-0.3, -0.25) is 0 Å². The molecule has 1 fully saturated rings. The first-order chi connectivity index (χ1) is 9.90. The average Bonchev–Trinajstić information content (AvgIpc) is 2.43. The number of hydrogen-bond donors (Lipinski definition) is 0. The fourth-order valence-corrected chi connectivity index (χ4v) is 4.93. The number of hydrogen-bond acceptors (Lipinski definition) is 3. The standard InChI is InChI=1S/C17H24O3S/c1-15(16-7-4-3-5-8-16)13-20-11-10-17(2)9-6-12-21(18,19)14-17/h3-5,7-8,13H,6,9-12,14H2,1-2H3/b15-13-. The van der Waals surface area contributed by atoms with E-state index >= 15 is 0 Å². The van der Waals surface area contributed by atoms with Gasteiger partial charge in [-0.05, 0) is 42.7 Å². The molecule has 1 aromatic rings. The van der Waals surface area contributed by atoms with Crippen LogP contribution in [0.2, 0.25) is 0 Å². The van der Waals surface area contributed by atoms with Crippen molar-refractivity contribution in [3.8, 4) is 0 Å². The first kappa shape index (κ1) is 16.1. The van der Waals surface area contributed by atoms with E-state index in [0.717, 1.165) is 30.4 Å². The van der Waals surface area contributed by atoms with Crippen molar-refractivity contribution < 1.29 is 13.2 Å². The molecule has 116 valence electrons. The Labute approximate surface area is 127 Å². The normalized spacial score (nSPS) is 25.5. The van der Waals surface area contributed by atoms with E-state index in [1.54, 1.807) is 6.26 Å². The van der Waals surface area contributed by atoms with Crippen LogP contribution in [0.3, 0.4) is 0 Å². The van der Waals surface area contributed by atoms with Crippen LogP contribution in [0.15, 0.2) is 36.6 Å². The van der Waals surface area contributed by atoms with Gasteiger partial charge in [0, 0.05) is 0 Å². The largest absolute Gasteiger partial charge is 0.501 e. The number of sulfone groups is 1. The Morgan fingerprint density at radius 3 is 2.71 bits per heavy atom. The SMILES string of the molecule is C/C(=C/OCCC1(C)CCCS(=O)(=O)C1)c1ccccc1. The maximum atomic E-state index is 11.7. The van der Waals surface area contributed by atoms with Crippen LogP contribution in [0.4, 0.5) is 0 Å². The smallest absolute Gasteiger partial charge is 0.150 e. The summed E-state index contributed by atoms with van der Waals surface area (Å²) in [4.78, 5) is 0. The van der Waals surface area contributed by atoms with Crippen molar-refractivity contribution in [3.63, 3.8) is 0 Å². The minimum Gasteiger partial charge on any atom is -0.501 e. The quantitative estimate of drug-likeness (QED) is 0.616. The molecule has 0 aromatic heterocycles. The lowest BCUT2D eigenvalue weighted by atomic mass is 9.84. The van der Waals surface area contributed by atoms with E-state index in [-0.39, 0.29) is 5.41 Å². The molecule has 4 heteroatoms. The molecule has 3 nitrogen and oxygen atoms in total. The molecule has 21 heavy (non-hydrogen) atoms. The van der Waals surface area contributed by atoms with Crippen molar-refractivity contribution in [1.82, 2.24) is 0 Å². The molecular weight excluding hydrogens is 284 g/mol. The molecule has 1 heterocycles. The first-order valence-corrected chi connectivity index (χ1v) is 9.27. The molecule has 0 radical (unpaired) electrons. The van der Waals surface area contributed by atoms with Crippen molar-refractivity contribution in [2.24, 2.45) is 5.41 Å². The molecule has 0 spiro atoms.